The average molecular weight is 476 g/mol. The third-order valence-electron chi connectivity index (χ3n) is 7.01. The van der Waals surface area contributed by atoms with E-state index in [1.54, 1.807) is 41.1 Å². The smallest absolute Gasteiger partial charge is 0.327 e. The molecule has 3 aliphatic rings. The van der Waals surface area contributed by atoms with Crippen LogP contribution in [-0.4, -0.2) is 88.8 Å². The number of halogens is 1. The minimum absolute atomic E-state index is 0.239. The highest BCUT2D eigenvalue weighted by Crippen LogP contribution is 2.39. The third kappa shape index (κ3) is 4.64. The predicted molar refractivity (Wildman–Crippen MR) is 124 cm³/mol. The topological polar surface area (TPSA) is 93.3 Å². The normalized spacial score (nSPS) is 20.9. The Morgan fingerprint density at radius 2 is 1.58 bits per heavy atom. The fourth-order valence-corrected chi connectivity index (χ4v) is 5.14. The summed E-state index contributed by atoms with van der Waals surface area (Å²) in [6, 6.07) is 6.24. The number of carbonyl (C=O) groups is 4. The van der Waals surface area contributed by atoms with Crippen LogP contribution in [0.1, 0.15) is 38.5 Å². The van der Waals surface area contributed by atoms with Crippen molar-refractivity contribution in [1.29, 1.82) is 0 Å². The summed E-state index contributed by atoms with van der Waals surface area (Å²) in [5, 5.41) is 3.43. The van der Waals surface area contributed by atoms with Crippen molar-refractivity contribution in [3.63, 3.8) is 0 Å². The van der Waals surface area contributed by atoms with Gasteiger partial charge in [0.25, 0.3) is 5.91 Å². The molecule has 1 N–H and O–H groups in total. The first-order valence-corrected chi connectivity index (χ1v) is 11.9. The largest absolute Gasteiger partial charge is 0.339 e. The number of hydrogen-bond donors (Lipinski definition) is 1. The van der Waals surface area contributed by atoms with Crippen molar-refractivity contribution >= 4 is 41.2 Å². The lowest BCUT2D eigenvalue weighted by atomic mass is 9.81. The molecule has 1 saturated carbocycles. The molecule has 10 heteroatoms. The Bertz CT molecular complexity index is 931. The lowest BCUT2D eigenvalue weighted by Crippen LogP contribution is -2.50. The van der Waals surface area contributed by atoms with Crippen molar-refractivity contribution in [2.75, 3.05) is 45.1 Å². The van der Waals surface area contributed by atoms with Crippen LogP contribution in [0, 0.1) is 0 Å². The van der Waals surface area contributed by atoms with Gasteiger partial charge in [-0.2, -0.15) is 0 Å². The second kappa shape index (κ2) is 9.59. The highest BCUT2D eigenvalue weighted by molar-refractivity contribution is 6.30. The van der Waals surface area contributed by atoms with Gasteiger partial charge in [0.15, 0.2) is 0 Å². The SMILES string of the molecule is CN1C(=O)N(CC(=O)N2CCCN(C(=O)Nc3ccc(Cl)cc3)CC2)C(=O)C12CCCCC2. The van der Waals surface area contributed by atoms with Crippen LogP contribution in [0.15, 0.2) is 24.3 Å². The van der Waals surface area contributed by atoms with E-state index in [0.29, 0.717) is 56.2 Å². The van der Waals surface area contributed by atoms with E-state index in [1.807, 2.05) is 0 Å². The van der Waals surface area contributed by atoms with Gasteiger partial charge in [-0.05, 0) is 43.5 Å². The quantitative estimate of drug-likeness (QED) is 0.680. The highest BCUT2D eigenvalue weighted by atomic mass is 35.5. The molecule has 0 bridgehead atoms. The van der Waals surface area contributed by atoms with Gasteiger partial charge in [-0.15, -0.1) is 0 Å². The molecule has 0 unspecified atom stereocenters. The van der Waals surface area contributed by atoms with Crippen LogP contribution in [0.5, 0.6) is 0 Å². The molecule has 3 fully saturated rings. The Hall–Kier alpha value is -2.81. The Balaban J connectivity index is 1.34. The van der Waals surface area contributed by atoms with Gasteiger partial charge in [-0.25, -0.2) is 9.59 Å². The summed E-state index contributed by atoms with van der Waals surface area (Å²) in [5.41, 5.74) is -0.140. The summed E-state index contributed by atoms with van der Waals surface area (Å²) < 4.78 is 0. The number of imide groups is 1. The van der Waals surface area contributed by atoms with Crippen LogP contribution in [0.25, 0.3) is 0 Å². The van der Waals surface area contributed by atoms with Crippen LogP contribution in [0.3, 0.4) is 0 Å². The third-order valence-corrected chi connectivity index (χ3v) is 7.26. The van der Waals surface area contributed by atoms with Crippen molar-refractivity contribution in [2.45, 2.75) is 44.1 Å². The Labute approximate surface area is 198 Å². The maximum Gasteiger partial charge on any atom is 0.327 e. The van der Waals surface area contributed by atoms with E-state index < -0.39 is 11.6 Å². The van der Waals surface area contributed by atoms with E-state index in [-0.39, 0.29) is 24.4 Å². The average Bonchev–Trinajstić information content (AvgIpc) is 3.02. The van der Waals surface area contributed by atoms with Crippen molar-refractivity contribution in [3.8, 4) is 0 Å². The van der Waals surface area contributed by atoms with E-state index in [1.165, 1.54) is 4.90 Å². The van der Waals surface area contributed by atoms with Crippen LogP contribution in [-0.2, 0) is 9.59 Å². The van der Waals surface area contributed by atoms with E-state index in [0.717, 1.165) is 24.2 Å². The number of amides is 6. The molecule has 1 aromatic rings. The number of urea groups is 2. The van der Waals surface area contributed by atoms with Gasteiger partial charge in [0.05, 0.1) is 0 Å². The van der Waals surface area contributed by atoms with Gasteiger partial charge in [-0.1, -0.05) is 30.9 Å². The zero-order chi connectivity index (χ0) is 23.6. The number of nitrogens with zero attached hydrogens (tertiary/aromatic N) is 4. The molecule has 178 valence electrons. The second-order valence-electron chi connectivity index (χ2n) is 8.98. The summed E-state index contributed by atoms with van der Waals surface area (Å²) in [5.74, 6) is -0.514. The van der Waals surface area contributed by atoms with Gasteiger partial charge in [-0.3, -0.25) is 14.5 Å². The van der Waals surface area contributed by atoms with Crippen LogP contribution in [0.4, 0.5) is 15.3 Å². The Kier molecular flexibility index (Phi) is 6.78. The summed E-state index contributed by atoms with van der Waals surface area (Å²) in [4.78, 5) is 57.5. The maximum atomic E-state index is 13.1. The lowest BCUT2D eigenvalue weighted by molar-refractivity contribution is -0.140. The molecule has 0 atom stereocenters. The van der Waals surface area contributed by atoms with Crippen LogP contribution >= 0.6 is 11.6 Å². The molecule has 6 amide bonds. The zero-order valence-corrected chi connectivity index (χ0v) is 19.6. The molecule has 0 radical (unpaired) electrons. The van der Waals surface area contributed by atoms with Crippen LogP contribution < -0.4 is 5.32 Å². The van der Waals surface area contributed by atoms with Gasteiger partial charge in [0.1, 0.15) is 12.1 Å². The van der Waals surface area contributed by atoms with E-state index in [2.05, 4.69) is 5.32 Å². The summed E-state index contributed by atoms with van der Waals surface area (Å²) in [7, 11) is 1.67. The number of hydrogen-bond acceptors (Lipinski definition) is 4. The fraction of sp³-hybridized carbons (Fsp3) is 0.565. The molecule has 0 aromatic heterocycles. The van der Waals surface area contributed by atoms with Crippen molar-refractivity contribution in [3.05, 3.63) is 29.3 Å². The molecule has 2 saturated heterocycles. The number of carbonyl (C=O) groups excluding carboxylic acids is 4. The van der Waals surface area contributed by atoms with E-state index >= 15 is 0 Å². The first kappa shape index (κ1) is 23.4. The molecule has 1 spiro atoms. The fourth-order valence-electron chi connectivity index (χ4n) is 5.01. The molecule has 4 rings (SSSR count). The minimum atomic E-state index is -0.787. The van der Waals surface area contributed by atoms with Crippen molar-refractivity contribution in [2.24, 2.45) is 0 Å². The first-order valence-electron chi connectivity index (χ1n) is 11.5. The molecule has 1 aromatic carbocycles. The molecule has 9 nitrogen and oxygen atoms in total. The van der Waals surface area contributed by atoms with Crippen molar-refractivity contribution < 1.29 is 19.2 Å². The summed E-state index contributed by atoms with van der Waals surface area (Å²) in [6.45, 7) is 1.46. The molecular weight excluding hydrogens is 446 g/mol. The minimum Gasteiger partial charge on any atom is -0.339 e. The molecule has 33 heavy (non-hydrogen) atoms. The van der Waals surface area contributed by atoms with Gasteiger partial charge in [0, 0.05) is 43.9 Å². The number of rotatable bonds is 3. The molecule has 2 heterocycles. The second-order valence-corrected chi connectivity index (χ2v) is 9.42. The molecule has 1 aliphatic carbocycles. The van der Waals surface area contributed by atoms with E-state index in [9.17, 15) is 19.2 Å². The number of nitrogens with one attached hydrogen (secondary N) is 1. The van der Waals surface area contributed by atoms with Gasteiger partial charge < -0.3 is 20.0 Å². The number of benzene rings is 1. The maximum absolute atomic E-state index is 13.1. The summed E-state index contributed by atoms with van der Waals surface area (Å²) >= 11 is 5.88. The Morgan fingerprint density at radius 1 is 0.939 bits per heavy atom. The number of anilines is 1. The standard InChI is InChI=1S/C23H30ClN5O4/c1-26-22(33)29(20(31)23(26)10-3-2-4-11-23)16-19(30)27-12-5-13-28(15-14-27)21(32)25-18-8-6-17(24)7-9-18/h6-9H,2-5,10-16H2,1H3,(H,25,32). The van der Waals surface area contributed by atoms with Crippen molar-refractivity contribution in [1.82, 2.24) is 19.6 Å². The lowest BCUT2D eigenvalue weighted by Gasteiger charge is -2.35. The predicted octanol–water partition coefficient (Wildman–Crippen LogP) is 3.00. The Morgan fingerprint density at radius 3 is 2.27 bits per heavy atom. The number of likely N-dealkylation sites (N-methyl/N-ethyl adjacent to an activating group) is 1. The zero-order valence-electron chi connectivity index (χ0n) is 18.9. The van der Waals surface area contributed by atoms with Crippen LogP contribution in [0.2, 0.25) is 5.02 Å². The first-order chi connectivity index (χ1) is 15.8. The van der Waals surface area contributed by atoms with E-state index in [4.69, 9.17) is 11.6 Å². The molecular formula is C23H30ClN5O4. The van der Waals surface area contributed by atoms with Gasteiger partial charge >= 0.3 is 12.1 Å². The van der Waals surface area contributed by atoms with Gasteiger partial charge in [0.2, 0.25) is 5.91 Å². The monoisotopic (exact) mass is 475 g/mol. The highest BCUT2D eigenvalue weighted by Gasteiger charge is 2.56. The molecule has 2 aliphatic heterocycles. The summed E-state index contributed by atoms with van der Waals surface area (Å²) in [6.07, 6.45) is 4.80.